The van der Waals surface area contributed by atoms with E-state index in [1.165, 1.54) is 11.0 Å². The van der Waals surface area contributed by atoms with Crippen LogP contribution in [0.25, 0.3) is 0 Å². The van der Waals surface area contributed by atoms with E-state index in [9.17, 15) is 13.6 Å². The lowest BCUT2D eigenvalue weighted by atomic mass is 10.1. The van der Waals surface area contributed by atoms with Crippen molar-refractivity contribution in [3.63, 3.8) is 0 Å². The number of rotatable bonds is 3. The molecule has 1 fully saturated rings. The number of nitrogens with two attached hydrogens (primary N) is 1. The van der Waals surface area contributed by atoms with E-state index < -0.39 is 23.6 Å². The van der Waals surface area contributed by atoms with Gasteiger partial charge in [0.15, 0.2) is 5.84 Å². The molecule has 1 aromatic rings. The fraction of sp³-hybridized carbons (Fsp3) is 0.385. The smallest absolute Gasteiger partial charge is 0.227 e. The molecule has 1 amide bonds. The lowest BCUT2D eigenvalue weighted by molar-refractivity contribution is -0.130. The third-order valence-corrected chi connectivity index (χ3v) is 3.42. The van der Waals surface area contributed by atoms with Gasteiger partial charge in [0.1, 0.15) is 11.6 Å². The van der Waals surface area contributed by atoms with Crippen LogP contribution < -0.4 is 5.73 Å². The highest BCUT2D eigenvalue weighted by atomic mass is 19.1. The van der Waals surface area contributed by atoms with E-state index in [0.29, 0.717) is 19.4 Å². The van der Waals surface area contributed by atoms with Gasteiger partial charge in [-0.3, -0.25) is 4.79 Å². The summed E-state index contributed by atoms with van der Waals surface area (Å²) in [6.07, 6.45) is 0.890. The highest BCUT2D eigenvalue weighted by Crippen LogP contribution is 2.20. The molecule has 0 spiro atoms. The molecular weight excluding hydrogens is 268 g/mol. The number of likely N-dealkylation sites (tertiary alicyclic amines) is 1. The number of hydrogen-bond acceptors (Lipinski definition) is 3. The average molecular weight is 283 g/mol. The van der Waals surface area contributed by atoms with Gasteiger partial charge in [-0.15, -0.1) is 0 Å². The largest absolute Gasteiger partial charge is 0.409 e. The topological polar surface area (TPSA) is 78.9 Å². The molecule has 0 aliphatic carbocycles. The molecule has 1 unspecified atom stereocenters. The zero-order valence-corrected chi connectivity index (χ0v) is 10.7. The molecular formula is C13H15F2N3O2. The van der Waals surface area contributed by atoms with Gasteiger partial charge in [0.05, 0.1) is 12.5 Å². The zero-order chi connectivity index (χ0) is 14.7. The summed E-state index contributed by atoms with van der Waals surface area (Å²) in [5.41, 5.74) is 5.26. The molecule has 1 heterocycles. The fourth-order valence-electron chi connectivity index (χ4n) is 2.39. The Labute approximate surface area is 114 Å². The fourth-order valence-corrected chi connectivity index (χ4v) is 2.39. The Balaban J connectivity index is 2.16. The Bertz CT molecular complexity index is 528. The van der Waals surface area contributed by atoms with E-state index in [2.05, 4.69) is 5.16 Å². The van der Waals surface area contributed by atoms with Crippen molar-refractivity contribution >= 4 is 11.7 Å². The van der Waals surface area contributed by atoms with Crippen LogP contribution in [-0.2, 0) is 11.2 Å². The molecule has 1 aromatic carbocycles. The minimum Gasteiger partial charge on any atom is -0.409 e. The summed E-state index contributed by atoms with van der Waals surface area (Å²) in [6.45, 7) is 0.426. The van der Waals surface area contributed by atoms with Crippen LogP contribution in [0.4, 0.5) is 8.78 Å². The van der Waals surface area contributed by atoms with Gasteiger partial charge in [0, 0.05) is 12.1 Å². The van der Waals surface area contributed by atoms with Crippen LogP contribution >= 0.6 is 0 Å². The second-order valence-corrected chi connectivity index (χ2v) is 4.65. The van der Waals surface area contributed by atoms with Gasteiger partial charge < -0.3 is 15.8 Å². The minimum absolute atomic E-state index is 0.0649. The van der Waals surface area contributed by atoms with E-state index in [0.717, 1.165) is 12.1 Å². The maximum atomic E-state index is 13.5. The van der Waals surface area contributed by atoms with Gasteiger partial charge in [-0.1, -0.05) is 11.2 Å². The summed E-state index contributed by atoms with van der Waals surface area (Å²) in [6, 6.07) is 2.95. The van der Waals surface area contributed by atoms with Crippen LogP contribution in [0.15, 0.2) is 23.4 Å². The molecule has 7 heteroatoms. The van der Waals surface area contributed by atoms with Gasteiger partial charge in [-0.25, -0.2) is 8.78 Å². The third-order valence-electron chi connectivity index (χ3n) is 3.42. The number of benzene rings is 1. The molecule has 0 aromatic heterocycles. The van der Waals surface area contributed by atoms with Crippen molar-refractivity contribution in [2.24, 2.45) is 10.9 Å². The van der Waals surface area contributed by atoms with Crippen molar-refractivity contribution in [1.82, 2.24) is 4.90 Å². The van der Waals surface area contributed by atoms with Gasteiger partial charge >= 0.3 is 0 Å². The molecule has 1 aliphatic rings. The van der Waals surface area contributed by atoms with Crippen molar-refractivity contribution in [2.75, 3.05) is 6.54 Å². The predicted molar refractivity (Wildman–Crippen MR) is 68.2 cm³/mol. The van der Waals surface area contributed by atoms with Crippen LogP contribution in [0.5, 0.6) is 0 Å². The van der Waals surface area contributed by atoms with Gasteiger partial charge in [0.2, 0.25) is 5.91 Å². The normalized spacial score (nSPS) is 19.4. The summed E-state index contributed by atoms with van der Waals surface area (Å²) in [4.78, 5) is 13.5. The number of oxime groups is 1. The molecule has 1 aliphatic heterocycles. The summed E-state index contributed by atoms with van der Waals surface area (Å²) < 4.78 is 27.0. The molecule has 3 N–H and O–H groups in total. The first-order valence-electron chi connectivity index (χ1n) is 6.24. The summed E-state index contributed by atoms with van der Waals surface area (Å²) in [7, 11) is 0. The number of carbonyl (C=O) groups excluding carboxylic acids is 1. The quantitative estimate of drug-likeness (QED) is 0.379. The van der Waals surface area contributed by atoms with Crippen molar-refractivity contribution in [3.8, 4) is 0 Å². The van der Waals surface area contributed by atoms with Crippen LogP contribution in [0.2, 0.25) is 0 Å². The second-order valence-electron chi connectivity index (χ2n) is 4.65. The number of nitrogens with zero attached hydrogens (tertiary/aromatic N) is 2. The first-order valence-corrected chi connectivity index (χ1v) is 6.24. The molecule has 108 valence electrons. The molecule has 2 rings (SSSR count). The number of amidine groups is 1. The van der Waals surface area contributed by atoms with Crippen LogP contribution in [0.3, 0.4) is 0 Å². The highest BCUT2D eigenvalue weighted by Gasteiger charge is 2.32. The lowest BCUT2D eigenvalue weighted by Gasteiger charge is -2.23. The molecule has 0 radical (unpaired) electrons. The molecule has 20 heavy (non-hydrogen) atoms. The molecule has 0 saturated carbocycles. The Kier molecular flexibility index (Phi) is 4.16. The van der Waals surface area contributed by atoms with Crippen molar-refractivity contribution < 1.29 is 18.8 Å². The monoisotopic (exact) mass is 283 g/mol. The van der Waals surface area contributed by atoms with E-state index in [-0.39, 0.29) is 17.8 Å². The first kappa shape index (κ1) is 14.2. The maximum absolute atomic E-state index is 13.5. The summed E-state index contributed by atoms with van der Waals surface area (Å²) >= 11 is 0. The summed E-state index contributed by atoms with van der Waals surface area (Å²) in [5.74, 6) is -2.01. The molecule has 1 atom stereocenters. The maximum Gasteiger partial charge on any atom is 0.227 e. The molecule has 5 nitrogen and oxygen atoms in total. The van der Waals surface area contributed by atoms with E-state index in [4.69, 9.17) is 10.9 Å². The number of amides is 1. The molecule has 1 saturated heterocycles. The van der Waals surface area contributed by atoms with Gasteiger partial charge in [-0.2, -0.15) is 0 Å². The van der Waals surface area contributed by atoms with Crippen molar-refractivity contribution in [1.29, 1.82) is 0 Å². The number of halogens is 2. The molecule has 0 bridgehead atoms. The van der Waals surface area contributed by atoms with Crippen molar-refractivity contribution in [3.05, 3.63) is 35.4 Å². The zero-order valence-electron chi connectivity index (χ0n) is 10.7. The Morgan fingerprint density at radius 2 is 2.10 bits per heavy atom. The number of hydrogen-bond donors (Lipinski definition) is 2. The SMILES string of the molecule is N/C(=N/O)C1CCCN1C(=O)Cc1c(F)cccc1F. The third kappa shape index (κ3) is 2.71. The number of carbonyl (C=O) groups is 1. The van der Waals surface area contributed by atoms with E-state index in [1.54, 1.807) is 0 Å². The van der Waals surface area contributed by atoms with E-state index >= 15 is 0 Å². The van der Waals surface area contributed by atoms with Crippen molar-refractivity contribution in [2.45, 2.75) is 25.3 Å². The highest BCUT2D eigenvalue weighted by molar-refractivity contribution is 5.91. The standard InChI is InChI=1S/C13H15F2N3O2/c14-9-3-1-4-10(15)8(9)7-12(19)18-6-2-5-11(18)13(16)17-20/h1,3-4,11,20H,2,5-7H2,(H2,16,17). The van der Waals surface area contributed by atoms with Crippen LogP contribution in [0, 0.1) is 11.6 Å². The average Bonchev–Trinajstić information content (AvgIpc) is 2.91. The Morgan fingerprint density at radius 1 is 1.45 bits per heavy atom. The predicted octanol–water partition coefficient (Wildman–Crippen LogP) is 1.24. The van der Waals surface area contributed by atoms with Gasteiger partial charge in [0.25, 0.3) is 0 Å². The van der Waals surface area contributed by atoms with E-state index in [1.807, 2.05) is 0 Å². The second kappa shape index (κ2) is 5.85. The Morgan fingerprint density at radius 3 is 2.70 bits per heavy atom. The van der Waals surface area contributed by atoms with Crippen LogP contribution in [-0.4, -0.2) is 34.4 Å². The van der Waals surface area contributed by atoms with Crippen LogP contribution in [0.1, 0.15) is 18.4 Å². The van der Waals surface area contributed by atoms with Gasteiger partial charge in [-0.05, 0) is 25.0 Å². The Hall–Kier alpha value is -2.18. The summed E-state index contributed by atoms with van der Waals surface area (Å²) in [5, 5.41) is 11.6. The minimum atomic E-state index is -0.752. The lowest BCUT2D eigenvalue weighted by Crippen LogP contribution is -2.44. The first-order chi connectivity index (χ1) is 9.54.